The van der Waals surface area contributed by atoms with Gasteiger partial charge in [0.1, 0.15) is 5.75 Å². The van der Waals surface area contributed by atoms with Crippen LogP contribution in [0.25, 0.3) is 0 Å². The molecule has 1 N–H and O–H groups in total. The van der Waals surface area contributed by atoms with Crippen LogP contribution in [0.15, 0.2) is 42.5 Å². The van der Waals surface area contributed by atoms with Crippen LogP contribution in [0.2, 0.25) is 0 Å². The highest BCUT2D eigenvalue weighted by Gasteiger charge is 2.13. The van der Waals surface area contributed by atoms with E-state index in [1.807, 2.05) is 24.3 Å². The molecule has 2 aromatic carbocycles. The Morgan fingerprint density at radius 1 is 1.12 bits per heavy atom. The molecule has 0 aliphatic carbocycles. The quantitative estimate of drug-likeness (QED) is 0.736. The topological polar surface area (TPSA) is 38.3 Å². The predicted octanol–water partition coefficient (Wildman–Crippen LogP) is 4.81. The first-order valence-corrected chi connectivity index (χ1v) is 9.75. The summed E-state index contributed by atoms with van der Waals surface area (Å²) in [6.45, 7) is 6.29. The molecule has 0 aliphatic heterocycles. The molecule has 0 saturated heterocycles. The van der Waals surface area contributed by atoms with E-state index < -0.39 is 0 Å². The van der Waals surface area contributed by atoms with Crippen molar-refractivity contribution in [1.82, 2.24) is 5.32 Å². The van der Waals surface area contributed by atoms with Crippen molar-refractivity contribution in [3.8, 4) is 5.75 Å². The molecule has 0 bridgehead atoms. The summed E-state index contributed by atoms with van der Waals surface area (Å²) in [5.41, 5.74) is 4.92. The lowest BCUT2D eigenvalue weighted by Crippen LogP contribution is -2.29. The van der Waals surface area contributed by atoms with Crippen molar-refractivity contribution in [2.75, 3.05) is 12.9 Å². The number of aryl methyl sites for hydroxylation is 2. The standard InChI is InChI=1S/C21H27NO2S/c1-5-20(18-6-8-19(24-4)9-7-18)22-21(23)14-25-13-17-11-15(2)10-16(3)12-17/h6-12,20H,5,13-14H2,1-4H3,(H,22,23)/t20-/m0/s1. The summed E-state index contributed by atoms with van der Waals surface area (Å²) in [6.07, 6.45) is 0.861. The van der Waals surface area contributed by atoms with Crippen LogP contribution in [0.3, 0.4) is 0 Å². The highest BCUT2D eigenvalue weighted by Crippen LogP contribution is 2.21. The van der Waals surface area contributed by atoms with Gasteiger partial charge in [-0.15, -0.1) is 11.8 Å². The Labute approximate surface area is 155 Å². The van der Waals surface area contributed by atoms with Crippen LogP contribution >= 0.6 is 11.8 Å². The van der Waals surface area contributed by atoms with Crippen LogP contribution in [0.1, 0.15) is 41.6 Å². The van der Waals surface area contributed by atoms with Gasteiger partial charge in [0, 0.05) is 5.75 Å². The lowest BCUT2D eigenvalue weighted by Gasteiger charge is -2.18. The predicted molar refractivity (Wildman–Crippen MR) is 106 cm³/mol. The van der Waals surface area contributed by atoms with Crippen molar-refractivity contribution in [1.29, 1.82) is 0 Å². The van der Waals surface area contributed by atoms with Crippen molar-refractivity contribution >= 4 is 17.7 Å². The zero-order valence-corrected chi connectivity index (χ0v) is 16.3. The lowest BCUT2D eigenvalue weighted by molar-refractivity contribution is -0.119. The smallest absolute Gasteiger partial charge is 0.230 e. The monoisotopic (exact) mass is 357 g/mol. The highest BCUT2D eigenvalue weighted by atomic mass is 32.2. The molecule has 0 saturated carbocycles. The molecule has 4 heteroatoms. The Balaban J connectivity index is 1.85. The summed E-state index contributed by atoms with van der Waals surface area (Å²) in [5, 5.41) is 3.13. The maximum atomic E-state index is 12.3. The number of ether oxygens (including phenoxy) is 1. The maximum absolute atomic E-state index is 12.3. The van der Waals surface area contributed by atoms with Crippen LogP contribution in [0, 0.1) is 13.8 Å². The largest absolute Gasteiger partial charge is 0.497 e. The maximum Gasteiger partial charge on any atom is 0.230 e. The Kier molecular flexibility index (Phi) is 7.38. The van der Waals surface area contributed by atoms with Gasteiger partial charge in [-0.25, -0.2) is 0 Å². The van der Waals surface area contributed by atoms with Gasteiger partial charge in [0.25, 0.3) is 0 Å². The summed E-state index contributed by atoms with van der Waals surface area (Å²) in [6, 6.07) is 14.5. The first-order chi connectivity index (χ1) is 12.0. The lowest BCUT2D eigenvalue weighted by atomic mass is 10.0. The number of methoxy groups -OCH3 is 1. The number of amides is 1. The zero-order chi connectivity index (χ0) is 18.2. The number of hydrogen-bond acceptors (Lipinski definition) is 3. The molecule has 0 spiro atoms. The third-order valence-electron chi connectivity index (χ3n) is 4.04. The van der Waals surface area contributed by atoms with E-state index in [1.165, 1.54) is 16.7 Å². The second kappa shape index (κ2) is 9.52. The van der Waals surface area contributed by atoms with E-state index in [0.29, 0.717) is 5.75 Å². The van der Waals surface area contributed by atoms with Gasteiger partial charge in [-0.05, 0) is 43.5 Å². The minimum Gasteiger partial charge on any atom is -0.497 e. The molecule has 0 heterocycles. The molecule has 134 valence electrons. The third-order valence-corrected chi connectivity index (χ3v) is 5.05. The van der Waals surface area contributed by atoms with Crippen molar-refractivity contribution in [2.45, 2.75) is 39.0 Å². The van der Waals surface area contributed by atoms with E-state index in [2.05, 4.69) is 44.3 Å². The molecule has 0 aliphatic rings. The van der Waals surface area contributed by atoms with Crippen molar-refractivity contribution in [3.63, 3.8) is 0 Å². The number of thioether (sulfide) groups is 1. The number of carbonyl (C=O) groups excluding carboxylic acids is 1. The number of benzene rings is 2. The molecule has 1 amide bonds. The first-order valence-electron chi connectivity index (χ1n) is 8.60. The SMILES string of the molecule is CC[C@H](NC(=O)CSCc1cc(C)cc(C)c1)c1ccc(OC)cc1. The van der Waals surface area contributed by atoms with Crippen molar-refractivity contribution in [2.24, 2.45) is 0 Å². The van der Waals surface area contributed by atoms with Gasteiger partial charge >= 0.3 is 0 Å². The minimum atomic E-state index is 0.0419. The molecule has 3 nitrogen and oxygen atoms in total. The normalized spacial score (nSPS) is 11.8. The van der Waals surface area contributed by atoms with Gasteiger partial charge in [0.05, 0.1) is 18.9 Å². The van der Waals surface area contributed by atoms with Crippen LogP contribution < -0.4 is 10.1 Å². The van der Waals surface area contributed by atoms with Gasteiger partial charge in [-0.2, -0.15) is 0 Å². The first kappa shape index (κ1) is 19.4. The van der Waals surface area contributed by atoms with E-state index in [4.69, 9.17) is 4.74 Å². The van der Waals surface area contributed by atoms with E-state index in [1.54, 1.807) is 18.9 Å². The molecular weight excluding hydrogens is 330 g/mol. The fraction of sp³-hybridized carbons (Fsp3) is 0.381. The van der Waals surface area contributed by atoms with Crippen LogP contribution in [-0.2, 0) is 10.5 Å². The average molecular weight is 358 g/mol. The minimum absolute atomic E-state index is 0.0419. The fourth-order valence-electron chi connectivity index (χ4n) is 2.91. The van der Waals surface area contributed by atoms with Crippen molar-refractivity contribution in [3.05, 3.63) is 64.7 Å². The van der Waals surface area contributed by atoms with E-state index in [9.17, 15) is 4.79 Å². The molecule has 0 aromatic heterocycles. The molecule has 0 radical (unpaired) electrons. The van der Waals surface area contributed by atoms with E-state index in [-0.39, 0.29) is 11.9 Å². The van der Waals surface area contributed by atoms with Gasteiger partial charge in [0.2, 0.25) is 5.91 Å². The molecule has 1 atom stereocenters. The van der Waals surface area contributed by atoms with Gasteiger partial charge < -0.3 is 10.1 Å². The molecule has 25 heavy (non-hydrogen) atoms. The fourth-order valence-corrected chi connectivity index (χ4v) is 3.68. The number of hydrogen-bond donors (Lipinski definition) is 1. The third kappa shape index (κ3) is 6.13. The summed E-state index contributed by atoms with van der Waals surface area (Å²) in [7, 11) is 1.65. The summed E-state index contributed by atoms with van der Waals surface area (Å²) >= 11 is 1.65. The summed E-state index contributed by atoms with van der Waals surface area (Å²) in [5.74, 6) is 2.24. The number of nitrogens with one attached hydrogen (secondary N) is 1. The highest BCUT2D eigenvalue weighted by molar-refractivity contribution is 7.99. The van der Waals surface area contributed by atoms with E-state index >= 15 is 0 Å². The Bertz CT molecular complexity index is 677. The average Bonchev–Trinajstić information content (AvgIpc) is 2.59. The second-order valence-corrected chi connectivity index (χ2v) is 7.28. The van der Waals surface area contributed by atoms with Gasteiger partial charge in [-0.3, -0.25) is 4.79 Å². The van der Waals surface area contributed by atoms with Gasteiger partial charge in [-0.1, -0.05) is 48.4 Å². The molecule has 0 fully saturated rings. The van der Waals surface area contributed by atoms with Crippen LogP contribution in [0.4, 0.5) is 0 Å². The summed E-state index contributed by atoms with van der Waals surface area (Å²) in [4.78, 5) is 12.3. The molecular formula is C21H27NO2S. The number of rotatable bonds is 8. The Hall–Kier alpha value is -1.94. The molecule has 0 unspecified atom stereocenters. The Morgan fingerprint density at radius 3 is 2.32 bits per heavy atom. The van der Waals surface area contributed by atoms with Crippen LogP contribution in [0.5, 0.6) is 5.75 Å². The summed E-state index contributed by atoms with van der Waals surface area (Å²) < 4.78 is 5.18. The van der Waals surface area contributed by atoms with E-state index in [0.717, 1.165) is 23.5 Å². The van der Waals surface area contributed by atoms with Gasteiger partial charge in [0.15, 0.2) is 0 Å². The van der Waals surface area contributed by atoms with Crippen molar-refractivity contribution < 1.29 is 9.53 Å². The second-order valence-electron chi connectivity index (χ2n) is 6.29. The molecule has 2 rings (SSSR count). The Morgan fingerprint density at radius 2 is 1.76 bits per heavy atom. The van der Waals surface area contributed by atoms with Crippen LogP contribution in [-0.4, -0.2) is 18.8 Å². The number of carbonyl (C=O) groups is 1. The molecule has 2 aromatic rings. The zero-order valence-electron chi connectivity index (χ0n) is 15.5.